The molecule has 0 aliphatic rings. The molecule has 0 saturated carbocycles. The van der Waals surface area contributed by atoms with Gasteiger partial charge in [0.2, 0.25) is 0 Å². The molecular weight excluding hydrogens is 206 g/mol. The van der Waals surface area contributed by atoms with E-state index in [1.54, 1.807) is 13.0 Å². The molecule has 3 atom stereocenters. The number of hydrogen-bond acceptors (Lipinski definition) is 4. The van der Waals surface area contributed by atoms with Crippen LogP contribution in [0.4, 0.5) is 0 Å². The summed E-state index contributed by atoms with van der Waals surface area (Å²) in [6.07, 6.45) is 1.22. The Kier molecular flexibility index (Phi) is 7.01. The van der Waals surface area contributed by atoms with E-state index in [2.05, 4.69) is 6.58 Å². The fourth-order valence-corrected chi connectivity index (χ4v) is 1.33. The normalized spacial score (nSPS) is 16.6. The Morgan fingerprint density at radius 1 is 1.38 bits per heavy atom. The van der Waals surface area contributed by atoms with Crippen LogP contribution in [0.5, 0.6) is 0 Å². The maximum absolute atomic E-state index is 11.4. The Labute approximate surface area is 97.8 Å². The first-order valence-electron chi connectivity index (χ1n) is 5.58. The van der Waals surface area contributed by atoms with Crippen molar-refractivity contribution in [1.82, 2.24) is 0 Å². The highest BCUT2D eigenvalue weighted by Gasteiger charge is 2.26. The predicted molar refractivity (Wildman–Crippen MR) is 64.0 cm³/mol. The molecule has 0 aromatic heterocycles. The van der Waals surface area contributed by atoms with Crippen molar-refractivity contribution in [2.24, 2.45) is 11.7 Å². The topological polar surface area (TPSA) is 61.5 Å². The van der Waals surface area contributed by atoms with Gasteiger partial charge < -0.3 is 15.2 Å². The van der Waals surface area contributed by atoms with Crippen molar-refractivity contribution in [2.75, 3.05) is 6.61 Å². The van der Waals surface area contributed by atoms with Crippen LogP contribution < -0.4 is 5.73 Å². The molecule has 4 nitrogen and oxygen atoms in total. The largest absolute Gasteiger partial charge is 0.458 e. The van der Waals surface area contributed by atoms with E-state index in [9.17, 15) is 4.79 Å². The third-order valence-electron chi connectivity index (χ3n) is 2.22. The number of nitrogens with two attached hydrogens (primary N) is 1. The van der Waals surface area contributed by atoms with Crippen molar-refractivity contribution in [3.8, 4) is 0 Å². The summed E-state index contributed by atoms with van der Waals surface area (Å²) in [5.74, 6) is -0.213. The zero-order valence-corrected chi connectivity index (χ0v) is 10.6. The lowest BCUT2D eigenvalue weighted by molar-refractivity contribution is -0.161. The van der Waals surface area contributed by atoms with E-state index in [0.29, 0.717) is 6.61 Å². The van der Waals surface area contributed by atoms with E-state index in [1.165, 1.54) is 0 Å². The van der Waals surface area contributed by atoms with Crippen LogP contribution in [0.25, 0.3) is 0 Å². The van der Waals surface area contributed by atoms with Crippen LogP contribution in [0.1, 0.15) is 27.7 Å². The summed E-state index contributed by atoms with van der Waals surface area (Å²) < 4.78 is 10.8. The highest BCUT2D eigenvalue weighted by atomic mass is 16.6. The molecule has 94 valence electrons. The van der Waals surface area contributed by atoms with Gasteiger partial charge in [0, 0.05) is 0 Å². The Bertz CT molecular complexity index is 226. The molecule has 1 unspecified atom stereocenters. The van der Waals surface area contributed by atoms with Crippen LogP contribution in [0, 0.1) is 5.92 Å². The second kappa shape index (κ2) is 7.41. The number of carbonyl (C=O) groups is 1. The van der Waals surface area contributed by atoms with Gasteiger partial charge in [0.1, 0.15) is 12.1 Å². The average molecular weight is 229 g/mol. The van der Waals surface area contributed by atoms with Gasteiger partial charge >= 0.3 is 5.97 Å². The van der Waals surface area contributed by atoms with Gasteiger partial charge in [-0.3, -0.25) is 4.79 Å². The lowest BCUT2D eigenvalue weighted by Gasteiger charge is -2.27. The molecule has 0 amide bonds. The van der Waals surface area contributed by atoms with Crippen LogP contribution in [0.3, 0.4) is 0 Å². The molecule has 0 radical (unpaired) electrons. The van der Waals surface area contributed by atoms with E-state index in [-0.39, 0.29) is 18.1 Å². The quantitative estimate of drug-likeness (QED) is 0.531. The Balaban J connectivity index is 4.36. The first-order valence-corrected chi connectivity index (χ1v) is 5.58. The molecular formula is C12H23NO3. The van der Waals surface area contributed by atoms with Gasteiger partial charge in [-0.1, -0.05) is 19.9 Å². The molecule has 4 heteroatoms. The zero-order valence-electron chi connectivity index (χ0n) is 10.6. The van der Waals surface area contributed by atoms with Crippen LogP contribution >= 0.6 is 0 Å². The van der Waals surface area contributed by atoms with Crippen LogP contribution in [0.15, 0.2) is 12.7 Å². The molecule has 0 fully saturated rings. The third-order valence-corrected chi connectivity index (χ3v) is 2.22. The molecule has 0 aromatic carbocycles. The fourth-order valence-electron chi connectivity index (χ4n) is 1.33. The van der Waals surface area contributed by atoms with Gasteiger partial charge in [-0.15, -0.1) is 6.58 Å². The van der Waals surface area contributed by atoms with Crippen molar-refractivity contribution in [1.29, 1.82) is 0 Å². The van der Waals surface area contributed by atoms with Crippen LogP contribution in [-0.4, -0.2) is 30.8 Å². The molecule has 0 aromatic rings. The molecule has 0 aliphatic heterocycles. The summed E-state index contributed by atoms with van der Waals surface area (Å²) in [5, 5.41) is 0. The first-order chi connectivity index (χ1) is 7.40. The predicted octanol–water partition coefficient (Wildman–Crippen LogP) is 1.49. The van der Waals surface area contributed by atoms with Crippen molar-refractivity contribution in [2.45, 2.75) is 45.9 Å². The summed E-state index contributed by atoms with van der Waals surface area (Å²) >= 11 is 0. The van der Waals surface area contributed by atoms with Crippen molar-refractivity contribution in [3.05, 3.63) is 12.7 Å². The van der Waals surface area contributed by atoms with E-state index in [0.717, 1.165) is 0 Å². The number of carbonyl (C=O) groups excluding carboxylic acids is 1. The minimum atomic E-state index is -0.604. The molecule has 0 saturated heterocycles. The lowest BCUT2D eigenvalue weighted by Crippen LogP contribution is -2.40. The molecule has 0 rings (SSSR count). The number of ether oxygens (including phenoxy) is 2. The molecule has 2 N–H and O–H groups in total. The van der Waals surface area contributed by atoms with Gasteiger partial charge in [-0.25, -0.2) is 0 Å². The van der Waals surface area contributed by atoms with Gasteiger partial charge in [0.25, 0.3) is 0 Å². The minimum absolute atomic E-state index is 0.166. The molecule has 0 heterocycles. The third kappa shape index (κ3) is 5.28. The van der Waals surface area contributed by atoms with Crippen molar-refractivity contribution in [3.63, 3.8) is 0 Å². The molecule has 16 heavy (non-hydrogen) atoms. The van der Waals surface area contributed by atoms with E-state index < -0.39 is 12.0 Å². The van der Waals surface area contributed by atoms with Crippen molar-refractivity contribution < 1.29 is 14.3 Å². The number of hydrogen-bond donors (Lipinski definition) is 1. The van der Waals surface area contributed by atoms with E-state index >= 15 is 0 Å². The van der Waals surface area contributed by atoms with Gasteiger partial charge in [0.05, 0.1) is 12.7 Å². The highest BCUT2D eigenvalue weighted by molar-refractivity contribution is 5.75. The maximum atomic E-state index is 11.4. The summed E-state index contributed by atoms with van der Waals surface area (Å²) in [5.41, 5.74) is 5.45. The van der Waals surface area contributed by atoms with Crippen molar-refractivity contribution >= 4 is 5.97 Å². The number of esters is 1. The standard InChI is InChI=1S/C12H23NO3/c1-6-7-15-10(5)11(8(2)3)16-12(14)9(4)13/h6,8-11H,1,7,13H2,2-5H3/t9-,10-,11?/m0/s1. The second-order valence-corrected chi connectivity index (χ2v) is 4.26. The Morgan fingerprint density at radius 3 is 2.31 bits per heavy atom. The van der Waals surface area contributed by atoms with Gasteiger partial charge in [0.15, 0.2) is 0 Å². The van der Waals surface area contributed by atoms with E-state index in [4.69, 9.17) is 15.2 Å². The summed E-state index contributed by atoms with van der Waals surface area (Å²) in [4.78, 5) is 11.4. The zero-order chi connectivity index (χ0) is 12.7. The summed E-state index contributed by atoms with van der Waals surface area (Å²) in [7, 11) is 0. The Hall–Kier alpha value is -0.870. The molecule has 0 spiro atoms. The highest BCUT2D eigenvalue weighted by Crippen LogP contribution is 2.14. The molecule has 0 bridgehead atoms. The Morgan fingerprint density at radius 2 is 1.94 bits per heavy atom. The SMILES string of the molecule is C=CCO[C@@H](C)C(OC(=O)[C@H](C)N)C(C)C. The minimum Gasteiger partial charge on any atom is -0.458 e. The second-order valence-electron chi connectivity index (χ2n) is 4.26. The monoisotopic (exact) mass is 229 g/mol. The summed E-state index contributed by atoms with van der Waals surface area (Å²) in [6.45, 7) is 11.5. The lowest BCUT2D eigenvalue weighted by atomic mass is 10.0. The maximum Gasteiger partial charge on any atom is 0.322 e. The van der Waals surface area contributed by atoms with Crippen LogP contribution in [0.2, 0.25) is 0 Å². The summed E-state index contributed by atoms with van der Waals surface area (Å²) in [6, 6.07) is -0.604. The van der Waals surface area contributed by atoms with E-state index in [1.807, 2.05) is 20.8 Å². The fraction of sp³-hybridized carbons (Fsp3) is 0.750. The number of rotatable bonds is 7. The smallest absolute Gasteiger partial charge is 0.322 e. The first kappa shape index (κ1) is 15.1. The average Bonchev–Trinajstić information content (AvgIpc) is 2.21. The van der Waals surface area contributed by atoms with Gasteiger partial charge in [-0.05, 0) is 19.8 Å². The van der Waals surface area contributed by atoms with Gasteiger partial charge in [-0.2, -0.15) is 0 Å². The molecule has 0 aliphatic carbocycles. The van der Waals surface area contributed by atoms with Crippen LogP contribution in [-0.2, 0) is 14.3 Å².